The van der Waals surface area contributed by atoms with E-state index in [4.69, 9.17) is 0 Å². The third kappa shape index (κ3) is 3.87. The van der Waals surface area contributed by atoms with Crippen molar-refractivity contribution < 1.29 is 9.90 Å². The van der Waals surface area contributed by atoms with Crippen LogP contribution in [0.3, 0.4) is 0 Å². The molecule has 4 nitrogen and oxygen atoms in total. The van der Waals surface area contributed by atoms with Crippen molar-refractivity contribution in [1.29, 1.82) is 0 Å². The highest BCUT2D eigenvalue weighted by atomic mass is 16.3. The van der Waals surface area contributed by atoms with E-state index < -0.39 is 5.60 Å². The van der Waals surface area contributed by atoms with E-state index >= 15 is 0 Å². The summed E-state index contributed by atoms with van der Waals surface area (Å²) in [7, 11) is 0. The molecule has 2 N–H and O–H groups in total. The number of rotatable bonds is 5. The second-order valence-electron chi connectivity index (χ2n) is 6.93. The molecule has 1 unspecified atom stereocenters. The Bertz CT molecular complexity index is 503. The molecule has 1 heterocycles. The number of piperidine rings is 1. The van der Waals surface area contributed by atoms with Crippen LogP contribution in [0.5, 0.6) is 0 Å². The topological polar surface area (TPSA) is 52.6 Å². The SMILES string of the molecule is CC(O)(CC(=O)NC1CCN(C2CC2)CC1)c1ccccc1. The van der Waals surface area contributed by atoms with Gasteiger partial charge in [0.25, 0.3) is 0 Å². The third-order valence-corrected chi connectivity index (χ3v) is 4.86. The monoisotopic (exact) mass is 302 g/mol. The molecule has 0 bridgehead atoms. The minimum absolute atomic E-state index is 0.0567. The first kappa shape index (κ1) is 15.5. The van der Waals surface area contributed by atoms with E-state index in [1.165, 1.54) is 12.8 Å². The van der Waals surface area contributed by atoms with Crippen LogP contribution in [-0.4, -0.2) is 41.1 Å². The molecule has 0 radical (unpaired) electrons. The number of nitrogens with zero attached hydrogens (tertiary/aromatic N) is 1. The smallest absolute Gasteiger partial charge is 0.223 e. The maximum absolute atomic E-state index is 12.2. The van der Waals surface area contributed by atoms with Crippen molar-refractivity contribution in [3.8, 4) is 0 Å². The van der Waals surface area contributed by atoms with Crippen LogP contribution in [0.2, 0.25) is 0 Å². The molecule has 2 fully saturated rings. The molecule has 0 spiro atoms. The molecule has 1 aromatic carbocycles. The lowest BCUT2D eigenvalue weighted by Gasteiger charge is -2.33. The highest BCUT2D eigenvalue weighted by Crippen LogP contribution is 2.29. The summed E-state index contributed by atoms with van der Waals surface area (Å²) in [6.45, 7) is 3.88. The van der Waals surface area contributed by atoms with Gasteiger partial charge in [-0.15, -0.1) is 0 Å². The van der Waals surface area contributed by atoms with Gasteiger partial charge in [0, 0.05) is 25.2 Å². The molecule has 22 heavy (non-hydrogen) atoms. The summed E-state index contributed by atoms with van der Waals surface area (Å²) >= 11 is 0. The molecule has 120 valence electrons. The summed E-state index contributed by atoms with van der Waals surface area (Å²) in [6, 6.07) is 10.5. The van der Waals surface area contributed by atoms with Gasteiger partial charge in [0.1, 0.15) is 0 Å². The van der Waals surface area contributed by atoms with Crippen LogP contribution in [0.25, 0.3) is 0 Å². The van der Waals surface area contributed by atoms with Crippen molar-refractivity contribution in [2.24, 2.45) is 0 Å². The van der Waals surface area contributed by atoms with Gasteiger partial charge in [-0.25, -0.2) is 0 Å². The van der Waals surface area contributed by atoms with E-state index in [1.807, 2.05) is 30.3 Å². The number of benzene rings is 1. The summed E-state index contributed by atoms with van der Waals surface area (Å²) < 4.78 is 0. The molecule has 1 aliphatic carbocycles. The molecule has 1 amide bonds. The molecular formula is C18H26N2O2. The number of hydrogen-bond acceptors (Lipinski definition) is 3. The summed E-state index contributed by atoms with van der Waals surface area (Å²) in [4.78, 5) is 14.8. The number of amides is 1. The van der Waals surface area contributed by atoms with Crippen molar-refractivity contribution in [1.82, 2.24) is 10.2 Å². The average molecular weight is 302 g/mol. The van der Waals surface area contributed by atoms with Gasteiger partial charge in [0.2, 0.25) is 5.91 Å². The second-order valence-corrected chi connectivity index (χ2v) is 6.93. The van der Waals surface area contributed by atoms with Crippen molar-refractivity contribution in [2.45, 2.75) is 56.7 Å². The number of hydrogen-bond donors (Lipinski definition) is 2. The van der Waals surface area contributed by atoms with E-state index in [-0.39, 0.29) is 18.4 Å². The van der Waals surface area contributed by atoms with Gasteiger partial charge in [-0.2, -0.15) is 0 Å². The summed E-state index contributed by atoms with van der Waals surface area (Å²) in [6.07, 6.45) is 4.85. The van der Waals surface area contributed by atoms with E-state index in [1.54, 1.807) is 6.92 Å². The zero-order valence-corrected chi connectivity index (χ0v) is 13.3. The Labute approximate surface area is 132 Å². The third-order valence-electron chi connectivity index (χ3n) is 4.86. The van der Waals surface area contributed by atoms with Crippen molar-refractivity contribution >= 4 is 5.91 Å². The quantitative estimate of drug-likeness (QED) is 0.875. The standard InChI is InChI=1S/C18H26N2O2/c1-18(22,14-5-3-2-4-6-14)13-17(21)19-15-9-11-20(12-10-15)16-7-8-16/h2-6,15-16,22H,7-13H2,1H3,(H,19,21). The number of likely N-dealkylation sites (tertiary alicyclic amines) is 1. The van der Waals surface area contributed by atoms with Gasteiger partial charge < -0.3 is 15.3 Å². The minimum Gasteiger partial charge on any atom is -0.385 e. The Morgan fingerprint density at radius 3 is 2.45 bits per heavy atom. The van der Waals surface area contributed by atoms with Crippen LogP contribution < -0.4 is 5.32 Å². The van der Waals surface area contributed by atoms with E-state index in [0.29, 0.717) is 0 Å². The first-order valence-electron chi connectivity index (χ1n) is 8.36. The first-order chi connectivity index (χ1) is 10.5. The minimum atomic E-state index is -1.11. The Morgan fingerprint density at radius 1 is 1.23 bits per heavy atom. The van der Waals surface area contributed by atoms with Crippen LogP contribution in [0.1, 0.15) is 44.6 Å². The van der Waals surface area contributed by atoms with E-state index in [2.05, 4.69) is 10.2 Å². The second kappa shape index (κ2) is 6.39. The lowest BCUT2D eigenvalue weighted by atomic mass is 9.92. The van der Waals surface area contributed by atoms with E-state index in [0.717, 1.165) is 37.5 Å². The molecule has 1 aliphatic heterocycles. The summed E-state index contributed by atoms with van der Waals surface area (Å²) in [5.74, 6) is -0.0567. The molecule has 3 rings (SSSR count). The number of aliphatic hydroxyl groups is 1. The fourth-order valence-corrected chi connectivity index (χ4v) is 3.34. The normalized spacial score (nSPS) is 23.0. The van der Waals surface area contributed by atoms with Crippen LogP contribution in [-0.2, 0) is 10.4 Å². The molecule has 1 saturated carbocycles. The lowest BCUT2D eigenvalue weighted by Crippen LogP contribution is -2.46. The Kier molecular flexibility index (Phi) is 4.50. The van der Waals surface area contributed by atoms with Gasteiger partial charge in [-0.1, -0.05) is 30.3 Å². The number of carbonyl (C=O) groups is 1. The van der Waals surface area contributed by atoms with Crippen LogP contribution >= 0.6 is 0 Å². The molecular weight excluding hydrogens is 276 g/mol. The maximum Gasteiger partial charge on any atom is 0.223 e. The highest BCUT2D eigenvalue weighted by Gasteiger charge is 2.33. The van der Waals surface area contributed by atoms with Crippen LogP contribution in [0.15, 0.2) is 30.3 Å². The predicted molar refractivity (Wildman–Crippen MR) is 86.4 cm³/mol. The van der Waals surface area contributed by atoms with Gasteiger partial charge in [0.15, 0.2) is 0 Å². The Hall–Kier alpha value is -1.39. The van der Waals surface area contributed by atoms with E-state index in [9.17, 15) is 9.90 Å². The maximum atomic E-state index is 12.2. The van der Waals surface area contributed by atoms with Crippen molar-refractivity contribution in [3.05, 3.63) is 35.9 Å². The highest BCUT2D eigenvalue weighted by molar-refractivity contribution is 5.77. The average Bonchev–Trinajstić information content (AvgIpc) is 3.33. The molecule has 0 aromatic heterocycles. The zero-order valence-electron chi connectivity index (χ0n) is 13.3. The predicted octanol–water partition coefficient (Wildman–Crippen LogP) is 2.03. The summed E-state index contributed by atoms with van der Waals surface area (Å²) in [5.41, 5.74) is -0.325. The molecule has 4 heteroatoms. The first-order valence-corrected chi connectivity index (χ1v) is 8.36. The molecule has 2 aliphatic rings. The fourth-order valence-electron chi connectivity index (χ4n) is 3.34. The fraction of sp³-hybridized carbons (Fsp3) is 0.611. The van der Waals surface area contributed by atoms with Crippen LogP contribution in [0, 0.1) is 0 Å². The van der Waals surface area contributed by atoms with Crippen molar-refractivity contribution in [2.75, 3.05) is 13.1 Å². The lowest BCUT2D eigenvalue weighted by molar-refractivity contribution is -0.126. The Morgan fingerprint density at radius 2 is 1.86 bits per heavy atom. The number of nitrogens with one attached hydrogen (secondary N) is 1. The van der Waals surface area contributed by atoms with Crippen molar-refractivity contribution in [3.63, 3.8) is 0 Å². The Balaban J connectivity index is 1.48. The van der Waals surface area contributed by atoms with Gasteiger partial charge in [-0.05, 0) is 38.2 Å². The zero-order chi connectivity index (χ0) is 15.6. The van der Waals surface area contributed by atoms with Gasteiger partial charge in [0.05, 0.1) is 12.0 Å². The van der Waals surface area contributed by atoms with Gasteiger partial charge >= 0.3 is 0 Å². The van der Waals surface area contributed by atoms with Crippen LogP contribution in [0.4, 0.5) is 0 Å². The van der Waals surface area contributed by atoms with Gasteiger partial charge in [-0.3, -0.25) is 4.79 Å². The largest absolute Gasteiger partial charge is 0.385 e. The summed E-state index contributed by atoms with van der Waals surface area (Å²) in [5, 5.41) is 13.6. The molecule has 1 saturated heterocycles. The number of carbonyl (C=O) groups excluding carboxylic acids is 1. The molecule has 1 aromatic rings. The molecule has 1 atom stereocenters.